The Morgan fingerprint density at radius 1 is 0.500 bits per heavy atom. The van der Waals surface area contributed by atoms with Gasteiger partial charge >= 0.3 is 19.8 Å². The van der Waals surface area contributed by atoms with Gasteiger partial charge in [0.1, 0.15) is 43.2 Å². The maximum Gasteiger partial charge on any atom is 0.472 e. The Morgan fingerprint density at radius 2 is 0.906 bits per heavy atom. The van der Waals surface area contributed by atoms with Gasteiger partial charge in [-0.05, 0) is 83.5 Å². The molecule has 64 heavy (non-hydrogen) atoms. The molecule has 1 aliphatic rings. The van der Waals surface area contributed by atoms with E-state index >= 15 is 0 Å². The quantitative estimate of drug-likeness (QED) is 0.0148. The van der Waals surface area contributed by atoms with Gasteiger partial charge in [0.05, 0.1) is 6.61 Å². The van der Waals surface area contributed by atoms with Crippen molar-refractivity contribution in [3.05, 3.63) is 85.1 Å². The topological polar surface area (TPSA) is 210 Å². The molecule has 1 rings (SSSR count). The van der Waals surface area contributed by atoms with E-state index in [1.807, 2.05) is 12.2 Å². The lowest BCUT2D eigenvalue weighted by Crippen LogP contribution is -2.64. The van der Waals surface area contributed by atoms with E-state index in [0.717, 1.165) is 83.5 Å². The second-order valence-corrected chi connectivity index (χ2v) is 17.6. The highest BCUT2D eigenvalue weighted by atomic mass is 31.2. The first-order chi connectivity index (χ1) is 30.9. The summed E-state index contributed by atoms with van der Waals surface area (Å²) >= 11 is 0. The van der Waals surface area contributed by atoms with E-state index in [1.54, 1.807) is 0 Å². The maximum atomic E-state index is 12.8. The summed E-state index contributed by atoms with van der Waals surface area (Å²) in [5.74, 6) is -1.18. The number of aliphatic hydroxyl groups is 5. The van der Waals surface area contributed by atoms with Gasteiger partial charge in [-0.3, -0.25) is 18.6 Å². The molecule has 0 saturated heterocycles. The number of aliphatic hydroxyl groups excluding tert-OH is 5. The molecule has 14 heteroatoms. The largest absolute Gasteiger partial charge is 0.472 e. The van der Waals surface area contributed by atoms with Crippen molar-refractivity contribution >= 4 is 19.8 Å². The summed E-state index contributed by atoms with van der Waals surface area (Å²) in [7, 11) is -5.14. The van der Waals surface area contributed by atoms with Crippen molar-refractivity contribution < 1.29 is 63.1 Å². The molecule has 0 aromatic rings. The third-order valence-electron chi connectivity index (χ3n) is 10.5. The lowest BCUT2D eigenvalue weighted by Gasteiger charge is -2.41. The second kappa shape index (κ2) is 39.2. The van der Waals surface area contributed by atoms with Gasteiger partial charge in [0.15, 0.2) is 6.10 Å². The maximum absolute atomic E-state index is 12.8. The van der Waals surface area contributed by atoms with E-state index in [1.165, 1.54) is 32.1 Å². The van der Waals surface area contributed by atoms with E-state index in [9.17, 15) is 44.6 Å². The van der Waals surface area contributed by atoms with Gasteiger partial charge < -0.3 is 39.9 Å². The van der Waals surface area contributed by atoms with E-state index < -0.39 is 75.7 Å². The highest BCUT2D eigenvalue weighted by Crippen LogP contribution is 2.47. The number of allylic oxidation sites excluding steroid dienone is 14. The summed E-state index contributed by atoms with van der Waals surface area (Å²) in [5, 5.41) is 50.2. The molecular weight excluding hydrogens is 840 g/mol. The third-order valence-corrected chi connectivity index (χ3v) is 11.5. The smallest absolute Gasteiger partial charge is 0.462 e. The molecule has 0 aliphatic heterocycles. The number of unbranched alkanes of at least 4 members (excludes halogenated alkanes) is 12. The van der Waals surface area contributed by atoms with Crippen LogP contribution in [-0.2, 0) is 32.7 Å². The Morgan fingerprint density at radius 3 is 1.41 bits per heavy atom. The molecule has 1 fully saturated rings. The van der Waals surface area contributed by atoms with Crippen LogP contribution in [0.25, 0.3) is 0 Å². The second-order valence-electron chi connectivity index (χ2n) is 16.2. The van der Waals surface area contributed by atoms with Crippen molar-refractivity contribution in [2.24, 2.45) is 0 Å². The summed E-state index contributed by atoms with van der Waals surface area (Å²) in [5.41, 5.74) is 0. The minimum atomic E-state index is -5.14. The number of carbonyl (C=O) groups is 2. The standard InChI is InChI=1S/C50H83O13P/c1-3-5-7-9-11-13-15-17-19-21-23-24-26-28-30-32-34-36-38-43(51)60-40-42(41-61-64(58,59)63-50-48(56)46(54)45(53)47(55)49(50)57)62-44(52)39-37-35-33-31-29-27-25-22-20-18-16-14-12-10-8-6-4-2/h6,8,12-15,18-21,25,27,31,33,42,45-50,53-57H,3-5,7,9-11,16-17,22-24,26,28-30,32,34-41H2,1-2H3,(H,58,59)/b8-6-,14-12-,15-13-,20-18-,21-19-,27-25-,33-31-. The summed E-state index contributed by atoms with van der Waals surface area (Å²) in [6.07, 6.45) is 37.8. The molecule has 0 radical (unpaired) electrons. The van der Waals surface area contributed by atoms with Crippen LogP contribution in [0.2, 0.25) is 0 Å². The number of esters is 2. The predicted octanol–water partition coefficient (Wildman–Crippen LogP) is 9.67. The Kier molecular flexibility index (Phi) is 36.2. The van der Waals surface area contributed by atoms with Crippen molar-refractivity contribution in [2.75, 3.05) is 13.2 Å². The van der Waals surface area contributed by atoms with Gasteiger partial charge in [-0.2, -0.15) is 0 Å². The summed E-state index contributed by atoms with van der Waals surface area (Å²) in [6.45, 7) is 3.11. The van der Waals surface area contributed by atoms with Gasteiger partial charge in [-0.15, -0.1) is 0 Å². The lowest BCUT2D eigenvalue weighted by atomic mass is 9.85. The number of hydrogen-bond acceptors (Lipinski definition) is 12. The van der Waals surface area contributed by atoms with Gasteiger partial charge in [0.2, 0.25) is 0 Å². The molecule has 0 spiro atoms. The van der Waals surface area contributed by atoms with E-state index in [-0.39, 0.29) is 12.8 Å². The van der Waals surface area contributed by atoms with Crippen molar-refractivity contribution in [1.29, 1.82) is 0 Å². The Balaban J connectivity index is 2.49. The first-order valence-electron chi connectivity index (χ1n) is 23.9. The molecule has 0 aromatic carbocycles. The van der Waals surface area contributed by atoms with Gasteiger partial charge in [-0.1, -0.05) is 150 Å². The Bertz CT molecular complexity index is 1440. The fourth-order valence-corrected chi connectivity index (χ4v) is 7.62. The molecule has 0 amide bonds. The first-order valence-corrected chi connectivity index (χ1v) is 25.4. The zero-order chi connectivity index (χ0) is 47.1. The number of ether oxygens (including phenoxy) is 2. The predicted molar refractivity (Wildman–Crippen MR) is 253 cm³/mol. The van der Waals surface area contributed by atoms with Crippen molar-refractivity contribution in [3.63, 3.8) is 0 Å². The number of phosphoric ester groups is 1. The Hall–Kier alpha value is -2.97. The molecule has 13 nitrogen and oxygen atoms in total. The van der Waals surface area contributed by atoms with Crippen LogP contribution < -0.4 is 0 Å². The molecule has 1 saturated carbocycles. The molecule has 6 atom stereocenters. The number of hydrogen-bond donors (Lipinski definition) is 6. The van der Waals surface area contributed by atoms with Crippen LogP contribution in [0, 0.1) is 0 Å². The molecule has 0 aromatic heterocycles. The minimum Gasteiger partial charge on any atom is -0.462 e. The summed E-state index contributed by atoms with van der Waals surface area (Å²) in [4.78, 5) is 35.7. The zero-order valence-corrected chi connectivity index (χ0v) is 39.7. The van der Waals surface area contributed by atoms with Crippen LogP contribution in [0.1, 0.15) is 162 Å². The lowest BCUT2D eigenvalue weighted by molar-refractivity contribution is -0.220. The van der Waals surface area contributed by atoms with E-state index in [0.29, 0.717) is 19.3 Å². The first kappa shape index (κ1) is 59.0. The third kappa shape index (κ3) is 31.0. The van der Waals surface area contributed by atoms with Crippen LogP contribution >= 0.6 is 7.82 Å². The average Bonchev–Trinajstić information content (AvgIpc) is 3.28. The van der Waals surface area contributed by atoms with Gasteiger partial charge in [-0.25, -0.2) is 4.57 Å². The molecule has 0 bridgehead atoms. The van der Waals surface area contributed by atoms with Crippen LogP contribution in [-0.4, -0.2) is 98.3 Å². The number of phosphoric acid groups is 1. The normalized spacial score (nSPS) is 22.3. The molecule has 6 N–H and O–H groups in total. The van der Waals surface area contributed by atoms with Gasteiger partial charge in [0, 0.05) is 12.8 Å². The molecule has 0 heterocycles. The number of carbonyl (C=O) groups excluding carboxylic acids is 2. The summed E-state index contributed by atoms with van der Waals surface area (Å²) < 4.78 is 33.5. The van der Waals surface area contributed by atoms with Crippen molar-refractivity contribution in [3.8, 4) is 0 Å². The molecular formula is C50H83O13P. The SMILES string of the molecule is CC/C=C\C/C=C\C/C=C\C/C=C\C/C=C\CCCC(=O)OC(COC(=O)CCCCCCCCC/C=C\C/C=C\CCCCCC)COP(=O)(O)OC1C(O)C(O)C(O)C(O)C1O. The molecule has 1 aliphatic carbocycles. The van der Waals surface area contributed by atoms with Crippen molar-refractivity contribution in [2.45, 2.75) is 204 Å². The fourth-order valence-electron chi connectivity index (χ4n) is 6.65. The summed E-state index contributed by atoms with van der Waals surface area (Å²) in [6, 6.07) is 0. The minimum absolute atomic E-state index is 0.0121. The molecule has 6 unspecified atom stereocenters. The average molecular weight is 923 g/mol. The van der Waals surface area contributed by atoms with E-state index in [2.05, 4.69) is 86.8 Å². The van der Waals surface area contributed by atoms with E-state index in [4.69, 9.17) is 18.5 Å². The van der Waals surface area contributed by atoms with Crippen LogP contribution in [0.5, 0.6) is 0 Å². The van der Waals surface area contributed by atoms with Crippen LogP contribution in [0.3, 0.4) is 0 Å². The monoisotopic (exact) mass is 923 g/mol. The zero-order valence-electron chi connectivity index (χ0n) is 38.8. The Labute approximate surface area is 384 Å². The fraction of sp³-hybridized carbons (Fsp3) is 0.680. The highest BCUT2D eigenvalue weighted by Gasteiger charge is 2.51. The van der Waals surface area contributed by atoms with Gasteiger partial charge in [0.25, 0.3) is 0 Å². The highest BCUT2D eigenvalue weighted by molar-refractivity contribution is 7.47. The number of rotatable bonds is 38. The van der Waals surface area contributed by atoms with Crippen molar-refractivity contribution in [1.82, 2.24) is 0 Å². The van der Waals surface area contributed by atoms with Crippen LogP contribution in [0.15, 0.2) is 85.1 Å². The molecule has 366 valence electrons. The van der Waals surface area contributed by atoms with Crippen LogP contribution in [0.4, 0.5) is 0 Å².